The summed E-state index contributed by atoms with van der Waals surface area (Å²) in [7, 11) is 0. The molecule has 0 saturated carbocycles. The Morgan fingerprint density at radius 3 is 2.48 bits per heavy atom. The second-order valence-electron chi connectivity index (χ2n) is 7.16. The average molecular weight is 291 g/mol. The van der Waals surface area contributed by atoms with Gasteiger partial charge in [0.1, 0.15) is 11.4 Å². The zero-order valence-corrected chi connectivity index (χ0v) is 14.1. The van der Waals surface area contributed by atoms with E-state index in [1.807, 2.05) is 32.9 Å². The van der Waals surface area contributed by atoms with Crippen molar-refractivity contribution in [1.29, 1.82) is 0 Å². The summed E-state index contributed by atoms with van der Waals surface area (Å²) < 4.78 is 5.87. The van der Waals surface area contributed by atoms with Gasteiger partial charge in [0.25, 0.3) is 0 Å². The minimum Gasteiger partial charge on any atom is -0.470 e. The van der Waals surface area contributed by atoms with Crippen molar-refractivity contribution in [2.75, 3.05) is 23.7 Å². The van der Waals surface area contributed by atoms with Crippen molar-refractivity contribution in [3.05, 3.63) is 12.1 Å². The van der Waals surface area contributed by atoms with Crippen LogP contribution in [-0.2, 0) is 0 Å². The molecule has 0 unspecified atom stereocenters. The Morgan fingerprint density at radius 2 is 1.95 bits per heavy atom. The molecule has 1 aromatic rings. The van der Waals surface area contributed by atoms with E-state index in [1.54, 1.807) is 0 Å². The molecule has 0 atom stereocenters. The maximum absolute atomic E-state index is 5.99. The smallest absolute Gasteiger partial charge is 0.239 e. The Labute approximate surface area is 128 Å². The third kappa shape index (κ3) is 3.60. The summed E-state index contributed by atoms with van der Waals surface area (Å²) in [5.74, 6) is 1.53. The van der Waals surface area contributed by atoms with Crippen molar-refractivity contribution >= 4 is 11.5 Å². The van der Waals surface area contributed by atoms with E-state index in [2.05, 4.69) is 23.7 Å². The first-order valence-corrected chi connectivity index (χ1v) is 7.99. The quantitative estimate of drug-likeness (QED) is 0.915. The second-order valence-corrected chi connectivity index (χ2v) is 7.16. The van der Waals surface area contributed by atoms with Crippen molar-refractivity contribution in [2.24, 2.45) is 5.41 Å². The number of hydrogen-bond acceptors (Lipinski definition) is 4. The molecule has 2 heterocycles. The summed E-state index contributed by atoms with van der Waals surface area (Å²) in [5, 5.41) is 0. The molecule has 1 fully saturated rings. The number of pyridine rings is 1. The molecule has 0 aliphatic carbocycles. The molecular formula is C17H29N3O. The van der Waals surface area contributed by atoms with Gasteiger partial charge in [0.15, 0.2) is 0 Å². The van der Waals surface area contributed by atoms with Gasteiger partial charge in [0.2, 0.25) is 5.88 Å². The van der Waals surface area contributed by atoms with Crippen LogP contribution < -0.4 is 15.4 Å². The molecule has 0 spiro atoms. The monoisotopic (exact) mass is 291 g/mol. The number of nitrogens with two attached hydrogens (primary N) is 1. The molecule has 2 N–H and O–H groups in total. The predicted octanol–water partition coefficient (Wildman–Crippen LogP) is 3.86. The van der Waals surface area contributed by atoms with Gasteiger partial charge in [-0.15, -0.1) is 0 Å². The normalized spacial score (nSPS) is 18.0. The number of nitrogen functional groups attached to an aromatic ring is 1. The molecule has 1 aliphatic rings. The molecular weight excluding hydrogens is 262 g/mol. The summed E-state index contributed by atoms with van der Waals surface area (Å²) in [6.07, 6.45) is 3.68. The fourth-order valence-corrected chi connectivity index (χ4v) is 2.95. The first-order valence-electron chi connectivity index (χ1n) is 7.99. The number of aromatic nitrogens is 1. The van der Waals surface area contributed by atoms with Crippen molar-refractivity contribution in [3.8, 4) is 5.88 Å². The Hall–Kier alpha value is -1.45. The zero-order valence-electron chi connectivity index (χ0n) is 14.1. The maximum Gasteiger partial charge on any atom is 0.239 e. The van der Waals surface area contributed by atoms with Gasteiger partial charge >= 0.3 is 0 Å². The van der Waals surface area contributed by atoms with Gasteiger partial charge in [0, 0.05) is 13.1 Å². The SMILES string of the molecule is CCC1(CC)CCN(c2ccc(N)c(OC(C)(C)C)n2)C1. The first-order chi connectivity index (χ1) is 9.78. The van der Waals surface area contributed by atoms with Gasteiger partial charge in [-0.25, -0.2) is 0 Å². The lowest BCUT2D eigenvalue weighted by molar-refractivity contribution is 0.125. The molecule has 1 saturated heterocycles. The van der Waals surface area contributed by atoms with E-state index in [-0.39, 0.29) is 5.60 Å². The van der Waals surface area contributed by atoms with Gasteiger partial charge in [-0.3, -0.25) is 0 Å². The van der Waals surface area contributed by atoms with Crippen molar-refractivity contribution < 1.29 is 4.74 Å². The summed E-state index contributed by atoms with van der Waals surface area (Å²) >= 11 is 0. The molecule has 1 aliphatic heterocycles. The Bertz CT molecular complexity index is 489. The van der Waals surface area contributed by atoms with Crippen molar-refractivity contribution in [2.45, 2.75) is 59.5 Å². The van der Waals surface area contributed by atoms with Crippen molar-refractivity contribution in [3.63, 3.8) is 0 Å². The fraction of sp³-hybridized carbons (Fsp3) is 0.706. The van der Waals surface area contributed by atoms with Gasteiger partial charge < -0.3 is 15.4 Å². The number of rotatable bonds is 4. The lowest BCUT2D eigenvalue weighted by Crippen LogP contribution is -2.28. The first kappa shape index (κ1) is 15.9. The number of hydrogen-bond donors (Lipinski definition) is 1. The molecule has 21 heavy (non-hydrogen) atoms. The highest BCUT2D eigenvalue weighted by molar-refractivity contribution is 5.55. The maximum atomic E-state index is 5.99. The second kappa shape index (κ2) is 5.74. The van der Waals surface area contributed by atoms with Crippen LogP contribution in [0, 0.1) is 5.41 Å². The Balaban J connectivity index is 2.20. The van der Waals surface area contributed by atoms with Crippen LogP contribution >= 0.6 is 0 Å². The van der Waals surface area contributed by atoms with Crippen LogP contribution in [-0.4, -0.2) is 23.7 Å². The minimum absolute atomic E-state index is 0.290. The van der Waals surface area contributed by atoms with E-state index in [4.69, 9.17) is 10.5 Å². The molecule has 0 bridgehead atoms. The standard InChI is InChI=1S/C17H29N3O/c1-6-17(7-2)10-11-20(12-17)14-9-8-13(18)15(19-14)21-16(3,4)5/h8-9H,6-7,10-12,18H2,1-5H3. The van der Waals surface area contributed by atoms with E-state index in [1.165, 1.54) is 19.3 Å². The predicted molar refractivity (Wildman–Crippen MR) is 88.9 cm³/mol. The number of anilines is 2. The molecule has 0 aromatic carbocycles. The molecule has 4 nitrogen and oxygen atoms in total. The van der Waals surface area contributed by atoms with Gasteiger partial charge in [-0.1, -0.05) is 13.8 Å². The molecule has 2 rings (SSSR count). The third-order valence-corrected chi connectivity index (χ3v) is 4.54. The minimum atomic E-state index is -0.290. The lowest BCUT2D eigenvalue weighted by atomic mass is 9.82. The highest BCUT2D eigenvalue weighted by Crippen LogP contribution is 2.39. The van der Waals surface area contributed by atoms with E-state index in [0.29, 0.717) is 17.0 Å². The number of ether oxygens (including phenoxy) is 1. The highest BCUT2D eigenvalue weighted by atomic mass is 16.5. The van der Waals surface area contributed by atoms with Crippen molar-refractivity contribution in [1.82, 2.24) is 4.98 Å². The summed E-state index contributed by atoms with van der Waals surface area (Å²) in [6.45, 7) is 12.7. The van der Waals surface area contributed by atoms with Crippen LogP contribution in [0.15, 0.2) is 12.1 Å². The molecule has 118 valence electrons. The molecule has 1 aromatic heterocycles. The summed E-state index contributed by atoms with van der Waals surface area (Å²) in [5.41, 5.74) is 6.75. The van der Waals surface area contributed by atoms with Crippen LogP contribution in [0.2, 0.25) is 0 Å². The van der Waals surface area contributed by atoms with E-state index in [9.17, 15) is 0 Å². The zero-order chi connectivity index (χ0) is 15.7. The van der Waals surface area contributed by atoms with Gasteiger partial charge in [0.05, 0.1) is 5.69 Å². The van der Waals surface area contributed by atoms with Crippen LogP contribution in [0.3, 0.4) is 0 Å². The number of nitrogens with zero attached hydrogens (tertiary/aromatic N) is 2. The average Bonchev–Trinajstić information content (AvgIpc) is 2.85. The molecule has 4 heteroatoms. The van der Waals surface area contributed by atoms with Crippen LogP contribution in [0.4, 0.5) is 11.5 Å². The summed E-state index contributed by atoms with van der Waals surface area (Å²) in [6, 6.07) is 3.91. The summed E-state index contributed by atoms with van der Waals surface area (Å²) in [4.78, 5) is 7.02. The van der Waals surface area contributed by atoms with E-state index < -0.39 is 0 Å². The topological polar surface area (TPSA) is 51.4 Å². The van der Waals surface area contributed by atoms with E-state index in [0.717, 1.165) is 18.9 Å². The fourth-order valence-electron chi connectivity index (χ4n) is 2.95. The molecule has 0 radical (unpaired) electrons. The highest BCUT2D eigenvalue weighted by Gasteiger charge is 2.35. The van der Waals surface area contributed by atoms with E-state index >= 15 is 0 Å². The molecule has 0 amide bonds. The van der Waals surface area contributed by atoms with Crippen LogP contribution in [0.5, 0.6) is 5.88 Å². The third-order valence-electron chi connectivity index (χ3n) is 4.54. The Morgan fingerprint density at radius 1 is 1.29 bits per heavy atom. The van der Waals surface area contributed by atoms with Gasteiger partial charge in [-0.05, 0) is 57.6 Å². The largest absolute Gasteiger partial charge is 0.470 e. The van der Waals surface area contributed by atoms with Gasteiger partial charge in [-0.2, -0.15) is 4.98 Å². The Kier molecular flexibility index (Phi) is 4.35. The lowest BCUT2D eigenvalue weighted by Gasteiger charge is -2.27. The van der Waals surface area contributed by atoms with Crippen LogP contribution in [0.1, 0.15) is 53.9 Å². The van der Waals surface area contributed by atoms with Crippen LogP contribution in [0.25, 0.3) is 0 Å².